The van der Waals surface area contributed by atoms with Crippen molar-refractivity contribution in [1.82, 2.24) is 10.3 Å². The first-order valence-electron chi connectivity index (χ1n) is 5.07. The Morgan fingerprint density at radius 3 is 2.60 bits per heavy atom. The highest BCUT2D eigenvalue weighted by molar-refractivity contribution is 7.92. The van der Waals surface area contributed by atoms with Crippen molar-refractivity contribution in [3.63, 3.8) is 0 Å². The molecule has 0 aliphatic carbocycles. The molecule has 0 spiro atoms. The Kier molecular flexibility index (Phi) is 3.02. The van der Waals surface area contributed by atoms with Crippen LogP contribution >= 0.6 is 0 Å². The van der Waals surface area contributed by atoms with Crippen LogP contribution in [0, 0.1) is 0 Å². The molecule has 0 radical (unpaired) electrons. The normalized spacial score (nSPS) is 18.9. The Morgan fingerprint density at radius 2 is 2.00 bits per heavy atom. The Labute approximate surface area is 89.6 Å². The molecule has 0 atom stereocenters. The SMILES string of the molecule is O=S(=O)(c1ccccn1)C1CCNCC1. The summed E-state index contributed by atoms with van der Waals surface area (Å²) >= 11 is 0. The molecule has 4 nitrogen and oxygen atoms in total. The van der Waals surface area contributed by atoms with Gasteiger partial charge in [0, 0.05) is 6.20 Å². The molecule has 1 aliphatic heterocycles. The third-order valence-corrected chi connectivity index (χ3v) is 4.83. The molecular formula is C10H14N2O2S. The summed E-state index contributed by atoms with van der Waals surface area (Å²) in [7, 11) is -3.21. The Morgan fingerprint density at radius 1 is 1.27 bits per heavy atom. The second-order valence-electron chi connectivity index (χ2n) is 3.66. The number of hydrogen-bond acceptors (Lipinski definition) is 4. The van der Waals surface area contributed by atoms with E-state index in [1.165, 1.54) is 6.20 Å². The second-order valence-corrected chi connectivity index (χ2v) is 5.84. The number of sulfone groups is 1. The number of nitrogens with one attached hydrogen (secondary N) is 1. The number of aromatic nitrogens is 1. The van der Waals surface area contributed by atoms with Crippen LogP contribution in [0.2, 0.25) is 0 Å². The molecule has 15 heavy (non-hydrogen) atoms. The van der Waals surface area contributed by atoms with E-state index in [0.717, 1.165) is 13.1 Å². The number of nitrogens with zero attached hydrogens (tertiary/aromatic N) is 1. The van der Waals surface area contributed by atoms with Gasteiger partial charge in [-0.3, -0.25) is 0 Å². The van der Waals surface area contributed by atoms with Crippen molar-refractivity contribution in [3.8, 4) is 0 Å². The summed E-state index contributed by atoms with van der Waals surface area (Å²) in [5.41, 5.74) is 0. The van der Waals surface area contributed by atoms with Gasteiger partial charge >= 0.3 is 0 Å². The minimum absolute atomic E-state index is 0.205. The second kappa shape index (κ2) is 4.28. The zero-order valence-corrected chi connectivity index (χ0v) is 9.20. The number of piperidine rings is 1. The minimum Gasteiger partial charge on any atom is -0.317 e. The van der Waals surface area contributed by atoms with Crippen LogP contribution in [0.1, 0.15) is 12.8 Å². The van der Waals surface area contributed by atoms with Gasteiger partial charge in [-0.25, -0.2) is 13.4 Å². The lowest BCUT2D eigenvalue weighted by Gasteiger charge is -2.22. The van der Waals surface area contributed by atoms with Gasteiger partial charge in [-0.15, -0.1) is 0 Å². The molecule has 0 unspecified atom stereocenters. The quantitative estimate of drug-likeness (QED) is 0.802. The lowest BCUT2D eigenvalue weighted by molar-refractivity contribution is 0.494. The molecule has 0 bridgehead atoms. The van der Waals surface area contributed by atoms with E-state index >= 15 is 0 Å². The molecule has 1 fully saturated rings. The van der Waals surface area contributed by atoms with Crippen molar-refractivity contribution in [1.29, 1.82) is 0 Å². The summed E-state index contributed by atoms with van der Waals surface area (Å²) in [6.45, 7) is 1.55. The van der Waals surface area contributed by atoms with Crippen LogP contribution in [0.3, 0.4) is 0 Å². The number of pyridine rings is 1. The van der Waals surface area contributed by atoms with Crippen molar-refractivity contribution in [3.05, 3.63) is 24.4 Å². The fourth-order valence-electron chi connectivity index (χ4n) is 1.79. The Hall–Kier alpha value is -0.940. The standard InChI is InChI=1S/C10H14N2O2S/c13-15(14,9-4-7-11-8-5-9)10-3-1-2-6-12-10/h1-3,6,9,11H,4-5,7-8H2. The zero-order valence-electron chi connectivity index (χ0n) is 8.39. The van der Waals surface area contributed by atoms with Gasteiger partial charge in [0.05, 0.1) is 5.25 Å². The van der Waals surface area contributed by atoms with E-state index < -0.39 is 9.84 Å². The smallest absolute Gasteiger partial charge is 0.198 e. The summed E-state index contributed by atoms with van der Waals surface area (Å²) in [6, 6.07) is 5.00. The Bertz CT molecular complexity index is 410. The first-order valence-corrected chi connectivity index (χ1v) is 6.61. The summed E-state index contributed by atoms with van der Waals surface area (Å²) in [5, 5.41) is 3.09. The van der Waals surface area contributed by atoms with Crippen LogP contribution in [0.4, 0.5) is 0 Å². The van der Waals surface area contributed by atoms with Gasteiger partial charge in [0.1, 0.15) is 0 Å². The predicted molar refractivity (Wildman–Crippen MR) is 57.3 cm³/mol. The lowest BCUT2D eigenvalue weighted by atomic mass is 10.2. The monoisotopic (exact) mass is 226 g/mol. The van der Waals surface area contributed by atoms with Crippen LogP contribution in [0.15, 0.2) is 29.4 Å². The zero-order chi connectivity index (χ0) is 10.7. The van der Waals surface area contributed by atoms with Gasteiger partial charge in [0.25, 0.3) is 0 Å². The third-order valence-electron chi connectivity index (χ3n) is 2.65. The van der Waals surface area contributed by atoms with Crippen molar-refractivity contribution in [2.45, 2.75) is 23.1 Å². The van der Waals surface area contributed by atoms with Gasteiger partial charge in [-0.1, -0.05) is 6.07 Å². The van der Waals surface area contributed by atoms with Gasteiger partial charge in [0.15, 0.2) is 14.9 Å². The first-order chi connectivity index (χ1) is 7.21. The molecular weight excluding hydrogens is 212 g/mol. The third kappa shape index (κ3) is 2.18. The molecule has 82 valence electrons. The molecule has 1 aromatic heterocycles. The highest BCUT2D eigenvalue weighted by Gasteiger charge is 2.29. The van der Waals surface area contributed by atoms with Crippen LogP contribution < -0.4 is 5.32 Å². The Balaban J connectivity index is 2.26. The molecule has 0 aromatic carbocycles. The number of hydrogen-bond donors (Lipinski definition) is 1. The highest BCUT2D eigenvalue weighted by atomic mass is 32.2. The molecule has 1 N–H and O–H groups in total. The van der Waals surface area contributed by atoms with Gasteiger partial charge in [0.2, 0.25) is 0 Å². The van der Waals surface area contributed by atoms with E-state index in [9.17, 15) is 8.42 Å². The average Bonchev–Trinajstić information content (AvgIpc) is 2.31. The largest absolute Gasteiger partial charge is 0.317 e. The molecule has 1 aliphatic rings. The summed E-state index contributed by atoms with van der Waals surface area (Å²) in [5.74, 6) is 0. The average molecular weight is 226 g/mol. The maximum atomic E-state index is 12.1. The molecule has 1 aromatic rings. The van der Waals surface area contributed by atoms with Crippen LogP contribution in [0.5, 0.6) is 0 Å². The fraction of sp³-hybridized carbons (Fsp3) is 0.500. The fourth-order valence-corrected chi connectivity index (χ4v) is 3.47. The molecule has 0 amide bonds. The predicted octanol–water partition coefficient (Wildman–Crippen LogP) is 0.607. The van der Waals surface area contributed by atoms with E-state index in [1.807, 2.05) is 0 Å². The molecule has 2 rings (SSSR count). The maximum Gasteiger partial charge on any atom is 0.198 e. The minimum atomic E-state index is -3.21. The van der Waals surface area contributed by atoms with E-state index in [0.29, 0.717) is 12.8 Å². The molecule has 2 heterocycles. The number of rotatable bonds is 2. The molecule has 1 saturated heterocycles. The van der Waals surface area contributed by atoms with Gasteiger partial charge in [-0.2, -0.15) is 0 Å². The van der Waals surface area contributed by atoms with Crippen LogP contribution in [-0.4, -0.2) is 31.7 Å². The summed E-state index contributed by atoms with van der Waals surface area (Å²) in [6.07, 6.45) is 2.88. The van der Waals surface area contributed by atoms with Gasteiger partial charge < -0.3 is 5.32 Å². The van der Waals surface area contributed by atoms with E-state index in [1.54, 1.807) is 18.2 Å². The van der Waals surface area contributed by atoms with E-state index in [2.05, 4.69) is 10.3 Å². The van der Waals surface area contributed by atoms with Crippen molar-refractivity contribution in [2.75, 3.05) is 13.1 Å². The van der Waals surface area contributed by atoms with E-state index in [4.69, 9.17) is 0 Å². The summed E-state index contributed by atoms with van der Waals surface area (Å²) in [4.78, 5) is 3.92. The summed E-state index contributed by atoms with van der Waals surface area (Å²) < 4.78 is 24.2. The van der Waals surface area contributed by atoms with Crippen molar-refractivity contribution < 1.29 is 8.42 Å². The molecule has 0 saturated carbocycles. The lowest BCUT2D eigenvalue weighted by Crippen LogP contribution is -2.36. The van der Waals surface area contributed by atoms with Crippen molar-refractivity contribution >= 4 is 9.84 Å². The van der Waals surface area contributed by atoms with Crippen LogP contribution in [0.25, 0.3) is 0 Å². The first kappa shape index (κ1) is 10.6. The topological polar surface area (TPSA) is 59.1 Å². The van der Waals surface area contributed by atoms with E-state index in [-0.39, 0.29) is 10.3 Å². The highest BCUT2D eigenvalue weighted by Crippen LogP contribution is 2.19. The maximum absolute atomic E-state index is 12.1. The van der Waals surface area contributed by atoms with Crippen molar-refractivity contribution in [2.24, 2.45) is 0 Å². The molecule has 5 heteroatoms. The van der Waals surface area contributed by atoms with Crippen LogP contribution in [-0.2, 0) is 9.84 Å². The van der Waals surface area contributed by atoms with Gasteiger partial charge in [-0.05, 0) is 38.1 Å².